The Kier molecular flexibility index (Phi) is 7.29. The maximum atomic E-state index is 11.7. The van der Waals surface area contributed by atoms with Gasteiger partial charge in [-0.3, -0.25) is 4.79 Å². The minimum absolute atomic E-state index is 0.0351. The van der Waals surface area contributed by atoms with E-state index in [1.54, 1.807) is 41.3 Å². The first-order valence-electron chi connectivity index (χ1n) is 8.57. The number of nitrogens with zero attached hydrogens (tertiary/aromatic N) is 1. The van der Waals surface area contributed by atoms with Gasteiger partial charge in [0.15, 0.2) is 5.11 Å². The fraction of sp³-hybridized carbons (Fsp3) is 0.263. The van der Waals surface area contributed by atoms with Crippen LogP contribution in [-0.2, 0) is 4.79 Å². The summed E-state index contributed by atoms with van der Waals surface area (Å²) in [4.78, 5) is 13.4. The Morgan fingerprint density at radius 2 is 1.54 bits per heavy atom. The third-order valence-electron chi connectivity index (χ3n) is 4.51. The second-order valence-electron chi connectivity index (χ2n) is 6.56. The van der Waals surface area contributed by atoms with E-state index in [2.05, 4.69) is 10.6 Å². The largest absolute Gasteiger partial charge is 0.360 e. The van der Waals surface area contributed by atoms with Gasteiger partial charge in [-0.2, -0.15) is 0 Å². The van der Waals surface area contributed by atoms with Crippen LogP contribution in [0.3, 0.4) is 0 Å². The zero-order chi connectivity index (χ0) is 20.3. The Morgan fingerprint density at radius 3 is 2.11 bits per heavy atom. The zero-order valence-electron chi connectivity index (χ0n) is 14.6. The van der Waals surface area contributed by atoms with Gasteiger partial charge in [0.25, 0.3) is 0 Å². The molecule has 9 heteroatoms. The second kappa shape index (κ2) is 9.51. The first-order valence-corrected chi connectivity index (χ1v) is 10.5. The molecule has 0 spiro atoms. The average molecular weight is 477 g/mol. The number of carbonyl (C=O) groups is 1. The summed E-state index contributed by atoms with van der Waals surface area (Å²) < 4.78 is 0. The summed E-state index contributed by atoms with van der Waals surface area (Å²) in [5, 5.41) is 8.90. The minimum Gasteiger partial charge on any atom is -0.360 e. The molecule has 0 aromatic heterocycles. The van der Waals surface area contributed by atoms with Gasteiger partial charge in [0.2, 0.25) is 6.41 Å². The predicted molar refractivity (Wildman–Crippen MR) is 122 cm³/mol. The van der Waals surface area contributed by atoms with E-state index in [0.717, 1.165) is 25.7 Å². The van der Waals surface area contributed by atoms with Crippen molar-refractivity contribution >= 4 is 81.5 Å². The van der Waals surface area contributed by atoms with E-state index >= 15 is 0 Å². The lowest BCUT2D eigenvalue weighted by Crippen LogP contribution is -2.38. The van der Waals surface area contributed by atoms with Crippen molar-refractivity contribution in [3.63, 3.8) is 0 Å². The van der Waals surface area contributed by atoms with E-state index in [4.69, 9.17) is 58.6 Å². The van der Waals surface area contributed by atoms with E-state index < -0.39 is 0 Å². The first kappa shape index (κ1) is 21.5. The van der Waals surface area contributed by atoms with Crippen LogP contribution in [0.5, 0.6) is 0 Å². The average Bonchev–Trinajstić information content (AvgIpc) is 3.01. The van der Waals surface area contributed by atoms with Gasteiger partial charge in [-0.25, -0.2) is 0 Å². The van der Waals surface area contributed by atoms with Gasteiger partial charge in [0.05, 0.1) is 0 Å². The molecule has 0 heterocycles. The van der Waals surface area contributed by atoms with Crippen LogP contribution in [0, 0.1) is 0 Å². The zero-order valence-corrected chi connectivity index (χ0v) is 18.4. The van der Waals surface area contributed by atoms with Crippen LogP contribution in [0.2, 0.25) is 20.1 Å². The lowest BCUT2D eigenvalue weighted by atomic mass is 10.2. The standard InChI is InChI=1S/C19H17Cl4N3OS/c20-11-3-12(21)6-16(5-11)25-19(28)24-15-1-2-17(9-15)26(10-27)18-7-13(22)4-14(23)8-18/h3-8,10,15,17H,1-2,9H2,(H2,24,25,28)/t15-,17+/m0/s1. The molecule has 3 rings (SSSR count). The molecule has 148 valence electrons. The normalized spacial score (nSPS) is 18.6. The summed E-state index contributed by atoms with van der Waals surface area (Å²) in [6.07, 6.45) is 3.29. The molecule has 0 saturated heterocycles. The Balaban J connectivity index is 1.61. The Hall–Kier alpha value is -1.24. The Morgan fingerprint density at radius 1 is 0.964 bits per heavy atom. The summed E-state index contributed by atoms with van der Waals surface area (Å²) in [6.45, 7) is 0. The molecular weight excluding hydrogens is 460 g/mol. The number of amides is 1. The number of halogens is 4. The molecule has 1 aliphatic carbocycles. The van der Waals surface area contributed by atoms with Crippen LogP contribution in [0.15, 0.2) is 36.4 Å². The van der Waals surface area contributed by atoms with Gasteiger partial charge in [-0.05, 0) is 67.9 Å². The number of carbonyl (C=O) groups excluding carboxylic acids is 1. The maximum absolute atomic E-state index is 11.7. The van der Waals surface area contributed by atoms with E-state index in [-0.39, 0.29) is 12.1 Å². The summed E-state index contributed by atoms with van der Waals surface area (Å²) >= 11 is 29.6. The molecule has 2 atom stereocenters. The van der Waals surface area contributed by atoms with Crippen molar-refractivity contribution in [2.24, 2.45) is 0 Å². The van der Waals surface area contributed by atoms with Crippen molar-refractivity contribution in [2.75, 3.05) is 10.2 Å². The number of hydrogen-bond acceptors (Lipinski definition) is 2. The van der Waals surface area contributed by atoms with Crippen LogP contribution in [0.4, 0.5) is 11.4 Å². The molecule has 28 heavy (non-hydrogen) atoms. The van der Waals surface area contributed by atoms with Crippen molar-refractivity contribution < 1.29 is 4.79 Å². The highest BCUT2D eigenvalue weighted by atomic mass is 35.5. The molecule has 4 nitrogen and oxygen atoms in total. The monoisotopic (exact) mass is 475 g/mol. The molecule has 1 fully saturated rings. The highest BCUT2D eigenvalue weighted by Gasteiger charge is 2.30. The molecule has 1 aliphatic rings. The molecule has 0 bridgehead atoms. The Labute approximate surface area is 189 Å². The van der Waals surface area contributed by atoms with Crippen molar-refractivity contribution in [2.45, 2.75) is 31.3 Å². The van der Waals surface area contributed by atoms with Gasteiger partial charge in [-0.1, -0.05) is 46.4 Å². The fourth-order valence-electron chi connectivity index (χ4n) is 3.37. The number of nitrogens with one attached hydrogen (secondary N) is 2. The number of benzene rings is 2. The van der Waals surface area contributed by atoms with E-state index in [1.807, 2.05) is 0 Å². The highest BCUT2D eigenvalue weighted by Crippen LogP contribution is 2.31. The van der Waals surface area contributed by atoms with Crippen LogP contribution in [0.25, 0.3) is 0 Å². The molecule has 1 saturated carbocycles. The quantitative estimate of drug-likeness (QED) is 0.400. The minimum atomic E-state index is 0.0351. The molecular formula is C19H17Cl4N3OS. The van der Waals surface area contributed by atoms with Crippen molar-refractivity contribution in [1.82, 2.24) is 5.32 Å². The summed E-state index contributed by atoms with van der Waals surface area (Å²) in [6, 6.07) is 10.4. The van der Waals surface area contributed by atoms with Crippen LogP contribution < -0.4 is 15.5 Å². The molecule has 0 radical (unpaired) electrons. The van der Waals surface area contributed by atoms with E-state index in [9.17, 15) is 4.79 Å². The lowest BCUT2D eigenvalue weighted by Gasteiger charge is -2.25. The fourth-order valence-corrected chi connectivity index (χ4v) is 4.69. The van der Waals surface area contributed by atoms with Crippen molar-refractivity contribution in [3.05, 3.63) is 56.5 Å². The second-order valence-corrected chi connectivity index (χ2v) is 8.71. The Bertz CT molecular complexity index is 855. The van der Waals surface area contributed by atoms with Gasteiger partial charge in [0.1, 0.15) is 0 Å². The lowest BCUT2D eigenvalue weighted by molar-refractivity contribution is -0.107. The van der Waals surface area contributed by atoms with Gasteiger partial charge >= 0.3 is 0 Å². The molecule has 0 aliphatic heterocycles. The van der Waals surface area contributed by atoms with Gasteiger partial charge < -0.3 is 15.5 Å². The van der Waals surface area contributed by atoms with Crippen LogP contribution in [-0.4, -0.2) is 23.6 Å². The van der Waals surface area contributed by atoms with Crippen LogP contribution in [0.1, 0.15) is 19.3 Å². The van der Waals surface area contributed by atoms with Gasteiger partial charge in [-0.15, -0.1) is 0 Å². The number of hydrogen-bond donors (Lipinski definition) is 2. The van der Waals surface area contributed by atoms with E-state index in [0.29, 0.717) is 36.6 Å². The summed E-state index contributed by atoms with van der Waals surface area (Å²) in [5.74, 6) is 0. The number of anilines is 2. The number of thiocarbonyl (C=S) groups is 1. The topological polar surface area (TPSA) is 44.4 Å². The number of rotatable bonds is 5. The maximum Gasteiger partial charge on any atom is 0.214 e. The summed E-state index contributed by atoms with van der Waals surface area (Å²) in [7, 11) is 0. The molecule has 2 N–H and O–H groups in total. The highest BCUT2D eigenvalue weighted by molar-refractivity contribution is 7.80. The first-order chi connectivity index (χ1) is 13.3. The molecule has 2 aromatic carbocycles. The third-order valence-corrected chi connectivity index (χ3v) is 5.61. The van der Waals surface area contributed by atoms with Crippen molar-refractivity contribution in [1.29, 1.82) is 0 Å². The molecule has 0 unspecified atom stereocenters. The molecule has 1 amide bonds. The SMILES string of the molecule is O=CN(c1cc(Cl)cc(Cl)c1)[C@@H]1CC[C@H](NC(=S)Nc2cc(Cl)cc(Cl)c2)C1. The van der Waals surface area contributed by atoms with Crippen LogP contribution >= 0.6 is 58.6 Å². The summed E-state index contributed by atoms with van der Waals surface area (Å²) in [5.41, 5.74) is 1.40. The van der Waals surface area contributed by atoms with Crippen molar-refractivity contribution in [3.8, 4) is 0 Å². The molecule has 2 aromatic rings. The smallest absolute Gasteiger partial charge is 0.214 e. The predicted octanol–water partition coefficient (Wildman–Crippen LogP) is 6.17. The third kappa shape index (κ3) is 5.65. The van der Waals surface area contributed by atoms with Gasteiger partial charge in [0, 0.05) is 43.5 Å². The van der Waals surface area contributed by atoms with E-state index in [1.165, 1.54) is 0 Å².